The second kappa shape index (κ2) is 6.48. The third-order valence-corrected chi connectivity index (χ3v) is 4.07. The highest BCUT2D eigenvalue weighted by Gasteiger charge is 2.10. The van der Waals surface area contributed by atoms with Crippen molar-refractivity contribution in [2.24, 2.45) is 0 Å². The van der Waals surface area contributed by atoms with Crippen LogP contribution in [0.15, 0.2) is 30.3 Å². The maximum Gasteiger partial charge on any atom is 0.142 e. The standard InChI is InChI=1S/C14H15ClFNOS/c1-9-2-4-11(19-9)7-17-8-14(18)10-3-5-12(15)13(16)6-10/h2-6,14,17-18H,7-8H2,1H3. The predicted molar refractivity (Wildman–Crippen MR) is 77.1 cm³/mol. The van der Waals surface area contributed by atoms with E-state index in [0.29, 0.717) is 18.7 Å². The van der Waals surface area contributed by atoms with Crippen molar-refractivity contribution in [3.05, 3.63) is 56.5 Å². The molecule has 2 nitrogen and oxygen atoms in total. The van der Waals surface area contributed by atoms with E-state index in [-0.39, 0.29) is 5.02 Å². The number of rotatable bonds is 5. The van der Waals surface area contributed by atoms with Gasteiger partial charge in [0.1, 0.15) is 5.82 Å². The van der Waals surface area contributed by atoms with Gasteiger partial charge in [-0.15, -0.1) is 11.3 Å². The minimum atomic E-state index is -0.743. The summed E-state index contributed by atoms with van der Waals surface area (Å²) < 4.78 is 13.3. The van der Waals surface area contributed by atoms with Gasteiger partial charge in [0.2, 0.25) is 0 Å². The van der Waals surface area contributed by atoms with E-state index in [1.807, 2.05) is 0 Å². The number of aliphatic hydroxyl groups excluding tert-OH is 1. The highest BCUT2D eigenvalue weighted by Crippen LogP contribution is 2.20. The normalized spacial score (nSPS) is 12.6. The van der Waals surface area contributed by atoms with E-state index in [0.717, 1.165) is 0 Å². The first-order valence-corrected chi connectivity index (χ1v) is 7.15. The number of aryl methyl sites for hydroxylation is 1. The second-order valence-electron chi connectivity index (χ2n) is 4.33. The molecule has 0 saturated heterocycles. The molecule has 0 bridgehead atoms. The molecule has 0 aliphatic carbocycles. The van der Waals surface area contributed by atoms with Gasteiger partial charge >= 0.3 is 0 Å². The van der Waals surface area contributed by atoms with E-state index < -0.39 is 11.9 Å². The summed E-state index contributed by atoms with van der Waals surface area (Å²) in [5, 5.41) is 13.2. The molecule has 2 aromatic rings. The summed E-state index contributed by atoms with van der Waals surface area (Å²) >= 11 is 7.32. The Morgan fingerprint density at radius 3 is 2.79 bits per heavy atom. The first-order chi connectivity index (χ1) is 9.06. The van der Waals surface area contributed by atoms with E-state index in [1.165, 1.54) is 21.9 Å². The summed E-state index contributed by atoms with van der Waals surface area (Å²) in [6.45, 7) is 3.13. The maximum absolute atomic E-state index is 13.3. The van der Waals surface area contributed by atoms with Gasteiger partial charge in [-0.1, -0.05) is 17.7 Å². The van der Waals surface area contributed by atoms with Crippen LogP contribution in [-0.4, -0.2) is 11.7 Å². The van der Waals surface area contributed by atoms with Crippen molar-refractivity contribution >= 4 is 22.9 Å². The van der Waals surface area contributed by atoms with E-state index >= 15 is 0 Å². The van der Waals surface area contributed by atoms with Crippen LogP contribution in [0.25, 0.3) is 0 Å². The molecule has 0 fully saturated rings. The fourth-order valence-corrected chi connectivity index (χ4v) is 2.73. The summed E-state index contributed by atoms with van der Waals surface area (Å²) in [5.74, 6) is -0.507. The van der Waals surface area contributed by atoms with Crippen molar-refractivity contribution < 1.29 is 9.50 Å². The van der Waals surface area contributed by atoms with Gasteiger partial charge in [-0.25, -0.2) is 4.39 Å². The van der Waals surface area contributed by atoms with Crippen molar-refractivity contribution in [2.75, 3.05) is 6.54 Å². The summed E-state index contributed by atoms with van der Waals surface area (Å²) in [4.78, 5) is 2.48. The molecule has 0 aliphatic heterocycles. The molecule has 0 spiro atoms. The number of halogens is 2. The van der Waals surface area contributed by atoms with Gasteiger partial charge in [-0.2, -0.15) is 0 Å². The van der Waals surface area contributed by atoms with E-state index in [4.69, 9.17) is 11.6 Å². The van der Waals surface area contributed by atoms with Gasteiger partial charge in [0, 0.05) is 22.8 Å². The SMILES string of the molecule is Cc1ccc(CNCC(O)c2ccc(Cl)c(F)c2)s1. The Morgan fingerprint density at radius 1 is 1.37 bits per heavy atom. The average molecular weight is 300 g/mol. The summed E-state index contributed by atoms with van der Waals surface area (Å²) in [6, 6.07) is 8.48. The van der Waals surface area contributed by atoms with E-state index in [1.54, 1.807) is 17.4 Å². The van der Waals surface area contributed by atoms with Crippen molar-refractivity contribution in [3.8, 4) is 0 Å². The Bertz CT molecular complexity index is 558. The lowest BCUT2D eigenvalue weighted by atomic mass is 10.1. The Hall–Kier alpha value is -0.940. The Morgan fingerprint density at radius 2 is 2.16 bits per heavy atom. The van der Waals surface area contributed by atoms with E-state index in [9.17, 15) is 9.50 Å². The van der Waals surface area contributed by atoms with Crippen molar-refractivity contribution in [2.45, 2.75) is 19.6 Å². The zero-order chi connectivity index (χ0) is 13.8. The van der Waals surface area contributed by atoms with Gasteiger partial charge in [0.25, 0.3) is 0 Å². The number of aliphatic hydroxyl groups is 1. The molecule has 0 amide bonds. The zero-order valence-electron chi connectivity index (χ0n) is 10.5. The van der Waals surface area contributed by atoms with Gasteiger partial charge in [-0.3, -0.25) is 0 Å². The molecule has 1 aromatic carbocycles. The topological polar surface area (TPSA) is 32.3 Å². The van der Waals surface area contributed by atoms with Crippen LogP contribution in [0.2, 0.25) is 5.02 Å². The number of hydrogen-bond donors (Lipinski definition) is 2. The third-order valence-electron chi connectivity index (χ3n) is 2.76. The molecule has 0 radical (unpaired) electrons. The van der Waals surface area contributed by atoms with Crippen LogP contribution < -0.4 is 5.32 Å². The van der Waals surface area contributed by atoms with Crippen LogP contribution in [-0.2, 0) is 6.54 Å². The third kappa shape index (κ3) is 4.01. The van der Waals surface area contributed by atoms with Gasteiger partial charge in [-0.05, 0) is 36.8 Å². The van der Waals surface area contributed by atoms with E-state index in [2.05, 4.69) is 24.4 Å². The average Bonchev–Trinajstić information content (AvgIpc) is 2.78. The number of benzene rings is 1. The predicted octanol–water partition coefficient (Wildman–Crippen LogP) is 3.67. The van der Waals surface area contributed by atoms with Crippen LogP contribution in [0, 0.1) is 12.7 Å². The number of thiophene rings is 1. The largest absolute Gasteiger partial charge is 0.387 e. The van der Waals surface area contributed by atoms with Gasteiger partial charge < -0.3 is 10.4 Å². The van der Waals surface area contributed by atoms with Crippen LogP contribution in [0.5, 0.6) is 0 Å². The Balaban J connectivity index is 1.86. The molecule has 5 heteroatoms. The van der Waals surface area contributed by atoms with Crippen molar-refractivity contribution in [1.82, 2.24) is 5.32 Å². The van der Waals surface area contributed by atoms with Gasteiger partial charge in [0.15, 0.2) is 0 Å². The summed E-state index contributed by atoms with van der Waals surface area (Å²) in [7, 11) is 0. The number of hydrogen-bond acceptors (Lipinski definition) is 3. The van der Waals surface area contributed by atoms with Crippen LogP contribution in [0.3, 0.4) is 0 Å². The second-order valence-corrected chi connectivity index (χ2v) is 6.11. The lowest BCUT2D eigenvalue weighted by Gasteiger charge is -2.12. The van der Waals surface area contributed by atoms with Gasteiger partial charge in [0.05, 0.1) is 11.1 Å². The maximum atomic E-state index is 13.3. The highest BCUT2D eigenvalue weighted by atomic mass is 35.5. The molecule has 1 atom stereocenters. The fraction of sp³-hybridized carbons (Fsp3) is 0.286. The quantitative estimate of drug-likeness (QED) is 0.883. The van der Waals surface area contributed by atoms with Crippen LogP contribution in [0.4, 0.5) is 4.39 Å². The molecule has 2 rings (SSSR count). The van der Waals surface area contributed by atoms with Crippen LogP contribution in [0.1, 0.15) is 21.4 Å². The highest BCUT2D eigenvalue weighted by molar-refractivity contribution is 7.11. The lowest BCUT2D eigenvalue weighted by Crippen LogP contribution is -2.20. The molecule has 1 heterocycles. The smallest absolute Gasteiger partial charge is 0.142 e. The zero-order valence-corrected chi connectivity index (χ0v) is 12.1. The molecule has 2 N–H and O–H groups in total. The molecule has 1 aromatic heterocycles. The molecule has 0 aliphatic rings. The molecule has 1 unspecified atom stereocenters. The Kier molecular flexibility index (Phi) is 4.93. The first kappa shape index (κ1) is 14.5. The summed E-state index contributed by atoms with van der Waals surface area (Å²) in [6.07, 6.45) is -0.743. The number of nitrogens with one attached hydrogen (secondary N) is 1. The summed E-state index contributed by atoms with van der Waals surface area (Å²) in [5.41, 5.74) is 0.525. The minimum Gasteiger partial charge on any atom is -0.387 e. The minimum absolute atomic E-state index is 0.0676. The molecular formula is C14H15ClFNOS. The molecule has 0 saturated carbocycles. The molecule has 102 valence electrons. The lowest BCUT2D eigenvalue weighted by molar-refractivity contribution is 0.174. The van der Waals surface area contributed by atoms with Crippen molar-refractivity contribution in [1.29, 1.82) is 0 Å². The Labute approximate surface area is 120 Å². The first-order valence-electron chi connectivity index (χ1n) is 5.95. The monoisotopic (exact) mass is 299 g/mol. The molecular weight excluding hydrogens is 285 g/mol. The van der Waals surface area contributed by atoms with Crippen LogP contribution >= 0.6 is 22.9 Å². The van der Waals surface area contributed by atoms with Crippen molar-refractivity contribution in [3.63, 3.8) is 0 Å². The fourth-order valence-electron chi connectivity index (χ4n) is 1.75. The molecule has 19 heavy (non-hydrogen) atoms.